The zero-order chi connectivity index (χ0) is 11.2. The fraction of sp³-hybridized carbons (Fsp3) is 0.900. The Morgan fingerprint density at radius 1 is 1.57 bits per heavy atom. The van der Waals surface area contributed by atoms with Crippen LogP contribution in [0.25, 0.3) is 0 Å². The van der Waals surface area contributed by atoms with Gasteiger partial charge in [0.25, 0.3) is 0 Å². The van der Waals surface area contributed by atoms with Crippen LogP contribution in [0.4, 0.5) is 0 Å². The molecule has 0 heterocycles. The molecule has 0 aliphatic rings. The molecule has 0 aliphatic carbocycles. The third-order valence-electron chi connectivity index (χ3n) is 2.05. The number of ether oxygens (including phenoxy) is 1. The third-order valence-corrected chi connectivity index (χ3v) is 2.88. The lowest BCUT2D eigenvalue weighted by Crippen LogP contribution is -2.41. The maximum atomic E-state index is 11.3. The molecule has 0 amide bonds. The van der Waals surface area contributed by atoms with Gasteiger partial charge in [-0.1, -0.05) is 0 Å². The molecular weight excluding hydrogens is 198 g/mol. The summed E-state index contributed by atoms with van der Waals surface area (Å²) in [5, 5.41) is 3.32. The molecular formula is C10H21NO2S. The van der Waals surface area contributed by atoms with Crippen LogP contribution in [0.5, 0.6) is 0 Å². The van der Waals surface area contributed by atoms with Gasteiger partial charge in [-0.3, -0.25) is 4.79 Å². The SMILES string of the molecule is COC(=O)C(C)(C)CNC(C)CSC. The standard InChI is InChI=1S/C10H21NO2S/c1-8(6-14-5)11-7-10(2,3)9(12)13-4/h8,11H,6-7H2,1-5H3. The van der Waals surface area contributed by atoms with Gasteiger partial charge in [-0.15, -0.1) is 0 Å². The number of hydrogen-bond acceptors (Lipinski definition) is 4. The van der Waals surface area contributed by atoms with Crippen molar-refractivity contribution < 1.29 is 9.53 Å². The number of rotatable bonds is 6. The maximum absolute atomic E-state index is 11.3. The molecule has 0 radical (unpaired) electrons. The number of hydrogen-bond donors (Lipinski definition) is 1. The summed E-state index contributed by atoms with van der Waals surface area (Å²) < 4.78 is 4.72. The molecule has 84 valence electrons. The fourth-order valence-corrected chi connectivity index (χ4v) is 1.70. The van der Waals surface area contributed by atoms with Gasteiger partial charge in [0.15, 0.2) is 0 Å². The van der Waals surface area contributed by atoms with Crippen molar-refractivity contribution in [1.82, 2.24) is 5.32 Å². The lowest BCUT2D eigenvalue weighted by Gasteiger charge is -2.24. The van der Waals surface area contributed by atoms with Crippen molar-refractivity contribution in [2.24, 2.45) is 5.41 Å². The van der Waals surface area contributed by atoms with Gasteiger partial charge in [-0.2, -0.15) is 11.8 Å². The van der Waals surface area contributed by atoms with E-state index in [-0.39, 0.29) is 5.97 Å². The fourth-order valence-electron chi connectivity index (χ4n) is 1.09. The molecule has 1 N–H and O–H groups in total. The Labute approximate surface area is 91.0 Å². The average Bonchev–Trinajstić information content (AvgIpc) is 2.14. The molecule has 0 spiro atoms. The van der Waals surface area contributed by atoms with E-state index >= 15 is 0 Å². The Bertz CT molecular complexity index is 183. The first-order valence-electron chi connectivity index (χ1n) is 4.74. The molecule has 0 rings (SSSR count). The van der Waals surface area contributed by atoms with Gasteiger partial charge in [0.05, 0.1) is 12.5 Å². The molecule has 1 atom stereocenters. The number of esters is 1. The summed E-state index contributed by atoms with van der Waals surface area (Å²) in [6, 6.07) is 0.425. The van der Waals surface area contributed by atoms with Gasteiger partial charge in [-0.05, 0) is 27.0 Å². The molecule has 3 nitrogen and oxygen atoms in total. The first-order valence-corrected chi connectivity index (χ1v) is 6.14. The van der Waals surface area contributed by atoms with Crippen molar-refractivity contribution in [3.8, 4) is 0 Å². The summed E-state index contributed by atoms with van der Waals surface area (Å²) in [7, 11) is 1.43. The Morgan fingerprint density at radius 2 is 2.14 bits per heavy atom. The molecule has 0 fully saturated rings. The quantitative estimate of drug-likeness (QED) is 0.688. The predicted octanol–water partition coefficient (Wildman–Crippen LogP) is 1.53. The third kappa shape index (κ3) is 4.86. The highest BCUT2D eigenvalue weighted by atomic mass is 32.2. The van der Waals surface area contributed by atoms with Gasteiger partial charge in [-0.25, -0.2) is 0 Å². The van der Waals surface area contributed by atoms with E-state index in [2.05, 4.69) is 18.5 Å². The molecule has 0 saturated carbocycles. The van der Waals surface area contributed by atoms with Crippen molar-refractivity contribution in [3.63, 3.8) is 0 Å². The maximum Gasteiger partial charge on any atom is 0.312 e. The summed E-state index contributed by atoms with van der Waals surface area (Å²) >= 11 is 1.80. The molecule has 0 aliphatic heterocycles. The van der Waals surface area contributed by atoms with Gasteiger partial charge >= 0.3 is 5.97 Å². The predicted molar refractivity (Wildman–Crippen MR) is 61.6 cm³/mol. The molecule has 4 heteroatoms. The monoisotopic (exact) mass is 219 g/mol. The molecule has 1 unspecified atom stereocenters. The van der Waals surface area contributed by atoms with Crippen LogP contribution in [-0.4, -0.2) is 37.7 Å². The van der Waals surface area contributed by atoms with Gasteiger partial charge in [0.1, 0.15) is 0 Å². The molecule has 0 bridgehead atoms. The molecule has 0 aromatic heterocycles. The molecule has 0 saturated heterocycles. The Morgan fingerprint density at radius 3 is 2.57 bits per heavy atom. The topological polar surface area (TPSA) is 38.3 Å². The van der Waals surface area contributed by atoms with Crippen LogP contribution in [0.2, 0.25) is 0 Å². The van der Waals surface area contributed by atoms with Crippen LogP contribution in [-0.2, 0) is 9.53 Å². The van der Waals surface area contributed by atoms with Gasteiger partial charge < -0.3 is 10.1 Å². The second kappa shape index (κ2) is 6.30. The minimum absolute atomic E-state index is 0.165. The Balaban J connectivity index is 3.92. The summed E-state index contributed by atoms with van der Waals surface area (Å²) in [6.07, 6.45) is 2.07. The lowest BCUT2D eigenvalue weighted by atomic mass is 9.93. The minimum Gasteiger partial charge on any atom is -0.469 e. The van der Waals surface area contributed by atoms with Crippen LogP contribution in [0.1, 0.15) is 20.8 Å². The molecule has 0 aromatic rings. The van der Waals surface area contributed by atoms with Crippen LogP contribution in [0.15, 0.2) is 0 Å². The van der Waals surface area contributed by atoms with E-state index in [4.69, 9.17) is 4.74 Å². The second-order valence-electron chi connectivity index (χ2n) is 4.11. The molecule has 14 heavy (non-hydrogen) atoms. The zero-order valence-electron chi connectivity index (χ0n) is 9.72. The van der Waals surface area contributed by atoms with E-state index in [0.29, 0.717) is 12.6 Å². The highest BCUT2D eigenvalue weighted by Crippen LogP contribution is 2.15. The first kappa shape index (κ1) is 13.8. The number of carbonyl (C=O) groups is 1. The van der Waals surface area contributed by atoms with E-state index in [1.165, 1.54) is 7.11 Å². The van der Waals surface area contributed by atoms with E-state index in [1.807, 2.05) is 13.8 Å². The van der Waals surface area contributed by atoms with Crippen molar-refractivity contribution in [2.75, 3.05) is 25.7 Å². The number of thioether (sulfide) groups is 1. The largest absolute Gasteiger partial charge is 0.469 e. The normalized spacial score (nSPS) is 13.8. The van der Waals surface area contributed by atoms with E-state index in [0.717, 1.165) is 5.75 Å². The summed E-state index contributed by atoms with van der Waals surface area (Å²) in [6.45, 7) is 6.54. The summed E-state index contributed by atoms with van der Waals surface area (Å²) in [4.78, 5) is 11.3. The lowest BCUT2D eigenvalue weighted by molar-refractivity contribution is -0.150. The van der Waals surface area contributed by atoms with Crippen molar-refractivity contribution in [1.29, 1.82) is 0 Å². The first-order chi connectivity index (χ1) is 6.44. The Hall–Kier alpha value is -0.220. The highest BCUT2D eigenvalue weighted by Gasteiger charge is 2.28. The average molecular weight is 219 g/mol. The summed E-state index contributed by atoms with van der Waals surface area (Å²) in [5.74, 6) is 0.887. The van der Waals surface area contributed by atoms with E-state index in [1.54, 1.807) is 11.8 Å². The zero-order valence-corrected chi connectivity index (χ0v) is 10.5. The van der Waals surface area contributed by atoms with Gasteiger partial charge in [0.2, 0.25) is 0 Å². The summed E-state index contributed by atoms with van der Waals surface area (Å²) in [5.41, 5.74) is -0.443. The van der Waals surface area contributed by atoms with Crippen LogP contribution in [0, 0.1) is 5.41 Å². The second-order valence-corrected chi connectivity index (χ2v) is 5.02. The number of methoxy groups -OCH3 is 1. The van der Waals surface area contributed by atoms with Crippen LogP contribution in [0.3, 0.4) is 0 Å². The van der Waals surface area contributed by atoms with Crippen molar-refractivity contribution >= 4 is 17.7 Å². The Kier molecular flexibility index (Phi) is 6.20. The van der Waals surface area contributed by atoms with Crippen LogP contribution >= 0.6 is 11.8 Å². The highest BCUT2D eigenvalue weighted by molar-refractivity contribution is 7.98. The van der Waals surface area contributed by atoms with Crippen molar-refractivity contribution in [3.05, 3.63) is 0 Å². The van der Waals surface area contributed by atoms with Crippen molar-refractivity contribution in [2.45, 2.75) is 26.8 Å². The van der Waals surface area contributed by atoms with Crippen LogP contribution < -0.4 is 5.32 Å². The molecule has 0 aromatic carbocycles. The smallest absolute Gasteiger partial charge is 0.312 e. The minimum atomic E-state index is -0.443. The van der Waals surface area contributed by atoms with E-state index < -0.39 is 5.41 Å². The number of nitrogens with one attached hydrogen (secondary N) is 1. The van der Waals surface area contributed by atoms with E-state index in [9.17, 15) is 4.79 Å². The van der Waals surface area contributed by atoms with Gasteiger partial charge in [0, 0.05) is 18.3 Å². The number of carbonyl (C=O) groups excluding carboxylic acids is 1.